The summed E-state index contributed by atoms with van der Waals surface area (Å²) in [5, 5.41) is 0.661. The summed E-state index contributed by atoms with van der Waals surface area (Å²) in [7, 11) is 1.63. The van der Waals surface area contributed by atoms with Crippen molar-refractivity contribution in [2.75, 3.05) is 13.7 Å². The molecule has 0 aliphatic carbocycles. The fourth-order valence-corrected chi connectivity index (χ4v) is 2.14. The predicted molar refractivity (Wildman–Crippen MR) is 68.2 cm³/mol. The molecule has 0 aromatic heterocycles. The van der Waals surface area contributed by atoms with Crippen LogP contribution in [0.15, 0.2) is 30.0 Å². The highest BCUT2D eigenvalue weighted by Crippen LogP contribution is 2.33. The normalized spacial score (nSPS) is 17.0. The Kier molecular flexibility index (Phi) is 3.92. The Morgan fingerprint density at radius 2 is 2.29 bits per heavy atom. The molecule has 2 rings (SSSR count). The van der Waals surface area contributed by atoms with Crippen LogP contribution in [0.5, 0.6) is 5.75 Å². The first-order valence-electron chi connectivity index (χ1n) is 5.62. The van der Waals surface area contributed by atoms with Gasteiger partial charge in [0.15, 0.2) is 0 Å². The van der Waals surface area contributed by atoms with Crippen molar-refractivity contribution in [3.8, 4) is 5.75 Å². The van der Waals surface area contributed by atoms with Gasteiger partial charge in [0.2, 0.25) is 0 Å². The van der Waals surface area contributed by atoms with E-state index in [9.17, 15) is 0 Å². The summed E-state index contributed by atoms with van der Waals surface area (Å²) in [6, 6.07) is 5.26. The van der Waals surface area contributed by atoms with Gasteiger partial charge < -0.3 is 15.2 Å². The highest BCUT2D eigenvalue weighted by molar-refractivity contribution is 6.30. The van der Waals surface area contributed by atoms with Crippen molar-refractivity contribution in [2.24, 2.45) is 5.73 Å². The lowest BCUT2D eigenvalue weighted by Gasteiger charge is -2.21. The molecule has 1 atom stereocenters. The predicted octanol–water partition coefficient (Wildman–Crippen LogP) is 3.04. The molecule has 1 heterocycles. The number of ether oxygens (including phenoxy) is 2. The fourth-order valence-electron chi connectivity index (χ4n) is 1.96. The van der Waals surface area contributed by atoms with E-state index in [0.29, 0.717) is 5.02 Å². The highest BCUT2D eigenvalue weighted by Gasteiger charge is 2.18. The largest absolute Gasteiger partial charge is 0.501 e. The van der Waals surface area contributed by atoms with Crippen LogP contribution in [0, 0.1) is 0 Å². The summed E-state index contributed by atoms with van der Waals surface area (Å²) in [5.41, 5.74) is 8.21. The minimum Gasteiger partial charge on any atom is -0.501 e. The zero-order valence-electron chi connectivity index (χ0n) is 9.78. The molecule has 0 saturated carbocycles. The van der Waals surface area contributed by atoms with Crippen LogP contribution in [0.25, 0.3) is 0 Å². The smallest absolute Gasteiger partial charge is 0.124 e. The molecule has 17 heavy (non-hydrogen) atoms. The lowest BCUT2D eigenvalue weighted by Crippen LogP contribution is -2.17. The van der Waals surface area contributed by atoms with Gasteiger partial charge in [0.05, 0.1) is 26.0 Å². The van der Waals surface area contributed by atoms with Crippen LogP contribution in [0.1, 0.15) is 24.4 Å². The van der Waals surface area contributed by atoms with E-state index < -0.39 is 0 Å². The van der Waals surface area contributed by atoms with E-state index in [1.54, 1.807) is 19.4 Å². The summed E-state index contributed by atoms with van der Waals surface area (Å²) in [4.78, 5) is 0. The van der Waals surface area contributed by atoms with Gasteiger partial charge in [-0.3, -0.25) is 0 Å². The van der Waals surface area contributed by atoms with Gasteiger partial charge in [-0.15, -0.1) is 0 Å². The third-order valence-electron chi connectivity index (χ3n) is 2.89. The second-order valence-electron chi connectivity index (χ2n) is 4.03. The lowest BCUT2D eigenvalue weighted by atomic mass is 9.95. The molecule has 1 aromatic carbocycles. The first-order valence-corrected chi connectivity index (χ1v) is 5.99. The summed E-state index contributed by atoms with van der Waals surface area (Å²) < 4.78 is 10.6. The third kappa shape index (κ3) is 2.73. The van der Waals surface area contributed by atoms with E-state index in [2.05, 4.69) is 0 Å². The Morgan fingerprint density at radius 1 is 1.47 bits per heavy atom. The summed E-state index contributed by atoms with van der Waals surface area (Å²) in [5.74, 6) is 0.758. The highest BCUT2D eigenvalue weighted by atomic mass is 35.5. The van der Waals surface area contributed by atoms with Gasteiger partial charge in [-0.05, 0) is 36.6 Å². The van der Waals surface area contributed by atoms with E-state index in [0.717, 1.165) is 36.3 Å². The number of methoxy groups -OCH3 is 1. The van der Waals surface area contributed by atoms with Crippen molar-refractivity contribution >= 4 is 11.6 Å². The van der Waals surface area contributed by atoms with Crippen molar-refractivity contribution in [1.29, 1.82) is 0 Å². The molecule has 3 nitrogen and oxygen atoms in total. The zero-order valence-corrected chi connectivity index (χ0v) is 10.5. The van der Waals surface area contributed by atoms with Gasteiger partial charge in [0, 0.05) is 10.6 Å². The number of nitrogens with two attached hydrogens (primary N) is 1. The van der Waals surface area contributed by atoms with Crippen LogP contribution in [0.2, 0.25) is 5.02 Å². The molecule has 0 saturated heterocycles. The Morgan fingerprint density at radius 3 is 2.94 bits per heavy atom. The monoisotopic (exact) mass is 253 g/mol. The van der Waals surface area contributed by atoms with Crippen molar-refractivity contribution in [3.05, 3.63) is 40.6 Å². The second kappa shape index (κ2) is 5.43. The molecule has 1 aromatic rings. The third-order valence-corrected chi connectivity index (χ3v) is 3.12. The van der Waals surface area contributed by atoms with Crippen LogP contribution in [0.3, 0.4) is 0 Å². The van der Waals surface area contributed by atoms with E-state index >= 15 is 0 Å². The first-order chi connectivity index (χ1) is 8.22. The van der Waals surface area contributed by atoms with Crippen molar-refractivity contribution in [3.63, 3.8) is 0 Å². The molecule has 4 heteroatoms. The topological polar surface area (TPSA) is 44.5 Å². The van der Waals surface area contributed by atoms with Crippen LogP contribution in [0.4, 0.5) is 0 Å². The van der Waals surface area contributed by atoms with Crippen molar-refractivity contribution in [2.45, 2.75) is 18.9 Å². The van der Waals surface area contributed by atoms with Crippen molar-refractivity contribution in [1.82, 2.24) is 0 Å². The molecule has 0 fully saturated rings. The Labute approximate surface area is 106 Å². The second-order valence-corrected chi connectivity index (χ2v) is 4.47. The van der Waals surface area contributed by atoms with Gasteiger partial charge >= 0.3 is 0 Å². The van der Waals surface area contributed by atoms with E-state index in [4.69, 9.17) is 26.8 Å². The zero-order chi connectivity index (χ0) is 12.3. The molecule has 0 spiro atoms. The van der Waals surface area contributed by atoms with Crippen LogP contribution >= 0.6 is 11.6 Å². The van der Waals surface area contributed by atoms with Crippen LogP contribution in [-0.2, 0) is 4.74 Å². The van der Waals surface area contributed by atoms with E-state index in [1.807, 2.05) is 12.1 Å². The van der Waals surface area contributed by atoms with Gasteiger partial charge in [0.25, 0.3) is 0 Å². The quantitative estimate of drug-likeness (QED) is 0.901. The number of halogens is 1. The fraction of sp³-hybridized carbons (Fsp3) is 0.385. The maximum Gasteiger partial charge on any atom is 0.124 e. The molecule has 2 N–H and O–H groups in total. The van der Waals surface area contributed by atoms with Gasteiger partial charge in [-0.1, -0.05) is 11.6 Å². The number of rotatable bonds is 3. The molecule has 0 amide bonds. The van der Waals surface area contributed by atoms with E-state index in [1.165, 1.54) is 0 Å². The Bertz CT molecular complexity index is 431. The molecule has 1 aliphatic heterocycles. The standard InChI is InChI=1S/C13H16ClNO2/c1-16-12-5-4-10(14)7-11(12)13(15)9-3-2-6-17-8-9/h4-5,7-8,13H,2-3,6,15H2,1H3. The van der Waals surface area contributed by atoms with Gasteiger partial charge in [-0.2, -0.15) is 0 Å². The lowest BCUT2D eigenvalue weighted by molar-refractivity contribution is 0.221. The average molecular weight is 254 g/mol. The number of benzene rings is 1. The van der Waals surface area contributed by atoms with Gasteiger partial charge in [-0.25, -0.2) is 0 Å². The SMILES string of the molecule is COc1ccc(Cl)cc1C(N)C1=COCCC1. The Hall–Kier alpha value is -1.19. The number of hydrogen-bond acceptors (Lipinski definition) is 3. The minimum absolute atomic E-state index is 0.219. The summed E-state index contributed by atoms with van der Waals surface area (Å²) >= 11 is 5.99. The number of hydrogen-bond donors (Lipinski definition) is 1. The maximum absolute atomic E-state index is 6.23. The summed E-state index contributed by atoms with van der Waals surface area (Å²) in [6.45, 7) is 0.767. The summed E-state index contributed by atoms with van der Waals surface area (Å²) in [6.07, 6.45) is 3.72. The molecule has 1 unspecified atom stereocenters. The van der Waals surface area contributed by atoms with Crippen LogP contribution < -0.4 is 10.5 Å². The minimum atomic E-state index is -0.219. The molecular formula is C13H16ClNO2. The average Bonchev–Trinajstić information content (AvgIpc) is 2.39. The Balaban J connectivity index is 2.31. The molecule has 0 radical (unpaired) electrons. The van der Waals surface area contributed by atoms with E-state index in [-0.39, 0.29) is 6.04 Å². The molecule has 0 bridgehead atoms. The van der Waals surface area contributed by atoms with Crippen LogP contribution in [-0.4, -0.2) is 13.7 Å². The molecule has 1 aliphatic rings. The van der Waals surface area contributed by atoms with Gasteiger partial charge in [0.1, 0.15) is 5.75 Å². The van der Waals surface area contributed by atoms with Crippen molar-refractivity contribution < 1.29 is 9.47 Å². The molecule has 92 valence electrons. The first kappa shape index (κ1) is 12.3. The molecular weight excluding hydrogens is 238 g/mol. The maximum atomic E-state index is 6.23.